The summed E-state index contributed by atoms with van der Waals surface area (Å²) in [7, 11) is 0. The number of carbonyl (C=O) groups is 1. The summed E-state index contributed by atoms with van der Waals surface area (Å²) >= 11 is 6.14. The van der Waals surface area contributed by atoms with E-state index in [4.69, 9.17) is 17.3 Å². The first kappa shape index (κ1) is 13.2. The molecule has 0 radical (unpaired) electrons. The number of hydrogen-bond acceptors (Lipinski definition) is 3. The van der Waals surface area contributed by atoms with E-state index in [0.29, 0.717) is 18.1 Å². The van der Waals surface area contributed by atoms with Crippen LogP contribution >= 0.6 is 11.6 Å². The molecule has 1 aromatic rings. The summed E-state index contributed by atoms with van der Waals surface area (Å²) in [5.41, 5.74) is 7.73. The van der Waals surface area contributed by atoms with Crippen LogP contribution in [-0.4, -0.2) is 31.6 Å². The fourth-order valence-corrected chi connectivity index (χ4v) is 2.48. The van der Waals surface area contributed by atoms with Crippen LogP contribution in [0.4, 0.5) is 5.69 Å². The highest BCUT2D eigenvalue weighted by Gasteiger charge is 2.28. The van der Waals surface area contributed by atoms with E-state index in [0.717, 1.165) is 24.2 Å². The third-order valence-corrected chi connectivity index (χ3v) is 3.74. The van der Waals surface area contributed by atoms with Gasteiger partial charge in [-0.1, -0.05) is 17.7 Å². The van der Waals surface area contributed by atoms with Crippen molar-refractivity contribution in [3.63, 3.8) is 0 Å². The number of amides is 1. The van der Waals surface area contributed by atoms with Gasteiger partial charge in [-0.25, -0.2) is 0 Å². The smallest absolute Gasteiger partial charge is 0.244 e. The van der Waals surface area contributed by atoms with E-state index < -0.39 is 0 Å². The number of nitrogens with zero attached hydrogens (tertiary/aromatic N) is 1. The van der Waals surface area contributed by atoms with Gasteiger partial charge in [0, 0.05) is 30.3 Å². The van der Waals surface area contributed by atoms with Gasteiger partial charge in [0.2, 0.25) is 5.91 Å². The molecule has 1 heterocycles. The lowest BCUT2D eigenvalue weighted by atomic mass is 10.1. The van der Waals surface area contributed by atoms with Gasteiger partial charge in [-0.2, -0.15) is 0 Å². The molecule has 1 unspecified atom stereocenters. The molecule has 98 valence electrons. The first-order chi connectivity index (χ1) is 8.65. The van der Waals surface area contributed by atoms with Crippen LogP contribution in [0.15, 0.2) is 18.2 Å². The largest absolute Gasteiger partial charge is 0.358 e. The molecule has 1 aliphatic rings. The maximum Gasteiger partial charge on any atom is 0.244 e. The third kappa shape index (κ3) is 2.44. The van der Waals surface area contributed by atoms with Gasteiger partial charge in [0.25, 0.3) is 0 Å². The fourth-order valence-electron chi connectivity index (χ4n) is 2.31. The minimum absolute atomic E-state index is 0.00521. The molecule has 1 aromatic carbocycles. The molecule has 0 aromatic heterocycles. The molecule has 4 nitrogen and oxygen atoms in total. The summed E-state index contributed by atoms with van der Waals surface area (Å²) in [4.78, 5) is 14.0. The van der Waals surface area contributed by atoms with Crippen molar-refractivity contribution in [2.45, 2.75) is 19.4 Å². The maximum atomic E-state index is 12.0. The molecule has 18 heavy (non-hydrogen) atoms. The molecule has 3 N–H and O–H groups in total. The predicted molar refractivity (Wildman–Crippen MR) is 74.0 cm³/mol. The molecule has 0 saturated carbocycles. The number of nitrogens with two attached hydrogens (primary N) is 1. The van der Waals surface area contributed by atoms with Gasteiger partial charge in [0.1, 0.15) is 6.04 Å². The lowest BCUT2D eigenvalue weighted by Crippen LogP contribution is -2.49. The Hall–Kier alpha value is -1.26. The standard InChI is InChI=1S/C13H18ClN3O/c1-9-10(14)4-2-5-11(9)17-7-3-6-16-13(18)12(17)8-15/h2,4-5,12H,3,6-8,15H2,1H3,(H,16,18). The summed E-state index contributed by atoms with van der Waals surface area (Å²) in [6.07, 6.45) is 0.911. The minimum Gasteiger partial charge on any atom is -0.358 e. The minimum atomic E-state index is -0.315. The predicted octanol–water partition coefficient (Wildman–Crippen LogP) is 1.30. The van der Waals surface area contributed by atoms with E-state index in [-0.39, 0.29) is 11.9 Å². The summed E-state index contributed by atoms with van der Waals surface area (Å²) < 4.78 is 0. The van der Waals surface area contributed by atoms with Crippen LogP contribution in [0, 0.1) is 6.92 Å². The van der Waals surface area contributed by atoms with Crippen LogP contribution in [0.1, 0.15) is 12.0 Å². The molecular weight excluding hydrogens is 250 g/mol. The number of benzene rings is 1. The summed E-state index contributed by atoms with van der Waals surface area (Å²) in [5.74, 6) is -0.00521. The molecule has 1 amide bonds. The first-order valence-electron chi connectivity index (χ1n) is 6.14. The summed E-state index contributed by atoms with van der Waals surface area (Å²) in [6.45, 7) is 3.78. The van der Waals surface area contributed by atoms with Crippen LogP contribution in [0.3, 0.4) is 0 Å². The van der Waals surface area contributed by atoms with E-state index in [9.17, 15) is 4.79 Å². The molecule has 0 spiro atoms. The highest BCUT2D eigenvalue weighted by molar-refractivity contribution is 6.31. The van der Waals surface area contributed by atoms with Crippen molar-refractivity contribution >= 4 is 23.2 Å². The fraction of sp³-hybridized carbons (Fsp3) is 0.462. The Morgan fingerprint density at radius 1 is 1.56 bits per heavy atom. The SMILES string of the molecule is Cc1c(Cl)cccc1N1CCCNC(=O)C1CN. The van der Waals surface area contributed by atoms with E-state index in [2.05, 4.69) is 10.2 Å². The lowest BCUT2D eigenvalue weighted by Gasteiger charge is -2.31. The molecule has 1 fully saturated rings. The Labute approximate surface area is 112 Å². The van der Waals surface area contributed by atoms with Gasteiger partial charge in [0.05, 0.1) is 0 Å². The first-order valence-corrected chi connectivity index (χ1v) is 6.52. The molecule has 0 aliphatic carbocycles. The average Bonchev–Trinajstić information content (AvgIpc) is 2.54. The molecule has 5 heteroatoms. The van der Waals surface area contributed by atoms with Crippen molar-refractivity contribution in [3.8, 4) is 0 Å². The van der Waals surface area contributed by atoms with Crippen LogP contribution < -0.4 is 16.0 Å². The van der Waals surface area contributed by atoms with Crippen molar-refractivity contribution < 1.29 is 4.79 Å². The normalized spacial score (nSPS) is 20.5. The zero-order valence-electron chi connectivity index (χ0n) is 10.4. The number of rotatable bonds is 2. The Balaban J connectivity index is 2.39. The van der Waals surface area contributed by atoms with E-state index >= 15 is 0 Å². The highest BCUT2D eigenvalue weighted by atomic mass is 35.5. The van der Waals surface area contributed by atoms with Gasteiger partial charge < -0.3 is 16.0 Å². The van der Waals surface area contributed by atoms with Crippen molar-refractivity contribution in [1.82, 2.24) is 5.32 Å². The second kappa shape index (κ2) is 5.59. The Bertz CT molecular complexity index is 450. The topological polar surface area (TPSA) is 58.4 Å². The van der Waals surface area contributed by atoms with Gasteiger partial charge in [0.15, 0.2) is 0 Å². The van der Waals surface area contributed by atoms with Gasteiger partial charge in [-0.15, -0.1) is 0 Å². The number of nitrogens with one attached hydrogen (secondary N) is 1. The van der Waals surface area contributed by atoms with E-state index in [1.54, 1.807) is 0 Å². The summed E-state index contributed by atoms with van der Waals surface area (Å²) in [6, 6.07) is 5.43. The second-order valence-corrected chi connectivity index (χ2v) is 4.88. The van der Waals surface area contributed by atoms with E-state index in [1.165, 1.54) is 0 Å². The highest BCUT2D eigenvalue weighted by Crippen LogP contribution is 2.28. The van der Waals surface area contributed by atoms with Crippen LogP contribution in [0.5, 0.6) is 0 Å². The Morgan fingerprint density at radius 3 is 3.06 bits per heavy atom. The molecule has 0 bridgehead atoms. The monoisotopic (exact) mass is 267 g/mol. The van der Waals surface area contributed by atoms with Crippen LogP contribution in [0.25, 0.3) is 0 Å². The van der Waals surface area contributed by atoms with Crippen molar-refractivity contribution in [2.24, 2.45) is 5.73 Å². The quantitative estimate of drug-likeness (QED) is 0.849. The number of anilines is 1. The van der Waals surface area contributed by atoms with Gasteiger partial charge in [-0.3, -0.25) is 4.79 Å². The molecule has 1 aliphatic heterocycles. The Kier molecular flexibility index (Phi) is 4.09. The number of hydrogen-bond donors (Lipinski definition) is 2. The summed E-state index contributed by atoms with van der Waals surface area (Å²) in [5, 5.41) is 3.60. The lowest BCUT2D eigenvalue weighted by molar-refractivity contribution is -0.121. The van der Waals surface area contributed by atoms with Crippen molar-refractivity contribution in [1.29, 1.82) is 0 Å². The molecule has 1 saturated heterocycles. The van der Waals surface area contributed by atoms with E-state index in [1.807, 2.05) is 25.1 Å². The van der Waals surface area contributed by atoms with Crippen molar-refractivity contribution in [3.05, 3.63) is 28.8 Å². The second-order valence-electron chi connectivity index (χ2n) is 4.47. The molecular formula is C13H18ClN3O. The zero-order valence-corrected chi connectivity index (χ0v) is 11.2. The third-order valence-electron chi connectivity index (χ3n) is 3.33. The Morgan fingerprint density at radius 2 is 2.33 bits per heavy atom. The van der Waals surface area contributed by atoms with Crippen LogP contribution in [0.2, 0.25) is 5.02 Å². The number of halogens is 1. The van der Waals surface area contributed by atoms with Crippen molar-refractivity contribution in [2.75, 3.05) is 24.5 Å². The van der Waals surface area contributed by atoms with Gasteiger partial charge >= 0.3 is 0 Å². The van der Waals surface area contributed by atoms with Crippen LogP contribution in [-0.2, 0) is 4.79 Å². The van der Waals surface area contributed by atoms with Gasteiger partial charge in [-0.05, 0) is 31.0 Å². The zero-order chi connectivity index (χ0) is 13.1. The number of carbonyl (C=O) groups excluding carboxylic acids is 1. The maximum absolute atomic E-state index is 12.0. The molecule has 2 rings (SSSR count). The average molecular weight is 268 g/mol. The molecule has 1 atom stereocenters.